The molecule has 3 N–H and O–H groups in total. The van der Waals surface area contributed by atoms with Gasteiger partial charge in [0.2, 0.25) is 5.91 Å². The number of ether oxygens (including phenoxy) is 2. The maximum Gasteiger partial charge on any atom is 0.239 e. The van der Waals surface area contributed by atoms with Crippen LogP contribution in [0.1, 0.15) is 0 Å². The van der Waals surface area contributed by atoms with Crippen LogP contribution < -0.4 is 16.0 Å². The Kier molecular flexibility index (Phi) is 15.8. The van der Waals surface area contributed by atoms with E-state index in [1.54, 1.807) is 21.3 Å². The minimum atomic E-state index is -0.100. The fraction of sp³-hybridized carbons (Fsp3) is 0.800. The zero-order chi connectivity index (χ0) is 12.9. The monoisotopic (exact) mass is 374 g/mol. The summed E-state index contributed by atoms with van der Waals surface area (Å²) in [4.78, 5) is 15.3. The Hall–Kier alpha value is -0.610. The summed E-state index contributed by atoms with van der Waals surface area (Å²) in [5.74, 6) is 0.473. The Morgan fingerprint density at radius 1 is 1.06 bits per heavy atom. The molecule has 7 nitrogen and oxygen atoms in total. The molecule has 0 saturated heterocycles. The number of carbonyl (C=O) groups excluding carboxylic acids is 1. The standard InChI is InChI=1S/C10H22N4O3.HI/c1-11-10(13-5-7-17-3)14-8-9(15)12-4-6-16-2;/h4-8H2,1-3H3,(H,12,15)(H2,11,13,14);1H. The molecule has 0 rings (SSSR count). The van der Waals surface area contributed by atoms with Crippen LogP contribution in [0.2, 0.25) is 0 Å². The number of carbonyl (C=O) groups is 1. The van der Waals surface area contributed by atoms with Crippen LogP contribution >= 0.6 is 24.0 Å². The second kappa shape index (κ2) is 14.5. The molecule has 0 aliphatic carbocycles. The fourth-order valence-electron chi connectivity index (χ4n) is 1.01. The smallest absolute Gasteiger partial charge is 0.239 e. The van der Waals surface area contributed by atoms with E-state index in [1.807, 2.05) is 0 Å². The number of nitrogens with one attached hydrogen (secondary N) is 3. The Morgan fingerprint density at radius 2 is 1.61 bits per heavy atom. The highest BCUT2D eigenvalue weighted by molar-refractivity contribution is 14.0. The Labute approximate surface area is 125 Å². The molecule has 8 heteroatoms. The fourth-order valence-corrected chi connectivity index (χ4v) is 1.01. The quantitative estimate of drug-likeness (QED) is 0.224. The van der Waals surface area contributed by atoms with Crippen LogP contribution in [0.4, 0.5) is 0 Å². The molecule has 0 aliphatic heterocycles. The van der Waals surface area contributed by atoms with Gasteiger partial charge in [0.05, 0.1) is 19.8 Å². The number of halogens is 1. The summed E-state index contributed by atoms with van der Waals surface area (Å²) in [5.41, 5.74) is 0. The second-order valence-electron chi connectivity index (χ2n) is 3.19. The van der Waals surface area contributed by atoms with Crippen molar-refractivity contribution >= 4 is 35.8 Å². The van der Waals surface area contributed by atoms with Crippen molar-refractivity contribution in [1.29, 1.82) is 0 Å². The maximum atomic E-state index is 11.3. The summed E-state index contributed by atoms with van der Waals surface area (Å²) in [5, 5.41) is 8.58. The van der Waals surface area contributed by atoms with E-state index in [9.17, 15) is 4.79 Å². The molecule has 108 valence electrons. The molecule has 0 aromatic rings. The average Bonchev–Trinajstić information content (AvgIpc) is 2.34. The van der Waals surface area contributed by atoms with E-state index in [2.05, 4.69) is 20.9 Å². The van der Waals surface area contributed by atoms with Gasteiger partial charge in [-0.05, 0) is 0 Å². The molecule has 0 heterocycles. The van der Waals surface area contributed by atoms with Crippen molar-refractivity contribution in [2.24, 2.45) is 4.99 Å². The number of hydrogen-bond donors (Lipinski definition) is 3. The molecule has 0 bridgehead atoms. The van der Waals surface area contributed by atoms with Gasteiger partial charge in [-0.1, -0.05) is 0 Å². The van der Waals surface area contributed by atoms with Gasteiger partial charge in [0.25, 0.3) is 0 Å². The highest BCUT2D eigenvalue weighted by Gasteiger charge is 2.02. The number of nitrogens with zero attached hydrogens (tertiary/aromatic N) is 1. The zero-order valence-corrected chi connectivity index (χ0v) is 13.4. The zero-order valence-electron chi connectivity index (χ0n) is 11.1. The Balaban J connectivity index is 0. The van der Waals surface area contributed by atoms with E-state index in [0.717, 1.165) is 0 Å². The van der Waals surface area contributed by atoms with Crippen LogP contribution in [0.15, 0.2) is 4.99 Å². The van der Waals surface area contributed by atoms with Crippen LogP contribution in [0.3, 0.4) is 0 Å². The van der Waals surface area contributed by atoms with Gasteiger partial charge in [0.1, 0.15) is 0 Å². The minimum Gasteiger partial charge on any atom is -0.383 e. The summed E-state index contributed by atoms with van der Waals surface area (Å²) >= 11 is 0. The molecule has 0 spiro atoms. The van der Waals surface area contributed by atoms with Crippen molar-refractivity contribution in [3.63, 3.8) is 0 Å². The van der Waals surface area contributed by atoms with Gasteiger partial charge < -0.3 is 25.4 Å². The van der Waals surface area contributed by atoms with Crippen molar-refractivity contribution in [1.82, 2.24) is 16.0 Å². The van der Waals surface area contributed by atoms with E-state index in [-0.39, 0.29) is 36.4 Å². The van der Waals surface area contributed by atoms with E-state index in [4.69, 9.17) is 9.47 Å². The van der Waals surface area contributed by atoms with Gasteiger partial charge in [-0.15, -0.1) is 24.0 Å². The molecular formula is C10H23IN4O3. The third kappa shape index (κ3) is 11.9. The number of hydrogen-bond acceptors (Lipinski definition) is 4. The first-order valence-electron chi connectivity index (χ1n) is 5.43. The van der Waals surface area contributed by atoms with Gasteiger partial charge in [-0.2, -0.15) is 0 Å². The molecule has 0 radical (unpaired) electrons. The number of aliphatic imine (C=N–C) groups is 1. The topological polar surface area (TPSA) is 84.0 Å². The molecule has 0 unspecified atom stereocenters. The normalized spacial score (nSPS) is 10.5. The molecule has 18 heavy (non-hydrogen) atoms. The van der Waals surface area contributed by atoms with Crippen molar-refractivity contribution in [2.75, 3.05) is 54.1 Å². The summed E-state index contributed by atoms with van der Waals surface area (Å²) in [6.07, 6.45) is 0. The van der Waals surface area contributed by atoms with Gasteiger partial charge in [-0.3, -0.25) is 9.79 Å². The molecule has 0 atom stereocenters. The van der Waals surface area contributed by atoms with Gasteiger partial charge in [0, 0.05) is 34.4 Å². The maximum absolute atomic E-state index is 11.3. The average molecular weight is 374 g/mol. The van der Waals surface area contributed by atoms with Gasteiger partial charge in [-0.25, -0.2) is 0 Å². The highest BCUT2D eigenvalue weighted by Crippen LogP contribution is 1.71. The lowest BCUT2D eigenvalue weighted by Crippen LogP contribution is -2.44. The number of guanidine groups is 1. The van der Waals surface area contributed by atoms with Crippen LogP contribution in [0.25, 0.3) is 0 Å². The number of amides is 1. The van der Waals surface area contributed by atoms with Crippen LogP contribution in [0.5, 0.6) is 0 Å². The molecular weight excluding hydrogens is 351 g/mol. The van der Waals surface area contributed by atoms with E-state index in [1.165, 1.54) is 0 Å². The molecule has 0 aromatic carbocycles. The SMILES string of the molecule is CN=C(NCCOC)NCC(=O)NCCOC.I. The summed E-state index contributed by atoms with van der Waals surface area (Å²) < 4.78 is 9.71. The molecule has 0 aromatic heterocycles. The molecule has 1 amide bonds. The van der Waals surface area contributed by atoms with Crippen molar-refractivity contribution < 1.29 is 14.3 Å². The number of rotatable bonds is 8. The minimum absolute atomic E-state index is 0. The number of methoxy groups -OCH3 is 2. The lowest BCUT2D eigenvalue weighted by Gasteiger charge is -2.11. The third-order valence-electron chi connectivity index (χ3n) is 1.87. The largest absolute Gasteiger partial charge is 0.383 e. The first-order chi connectivity index (χ1) is 8.24. The van der Waals surface area contributed by atoms with Crippen LogP contribution in [0, 0.1) is 0 Å². The van der Waals surface area contributed by atoms with E-state index < -0.39 is 0 Å². The summed E-state index contributed by atoms with van der Waals surface area (Å²) in [7, 11) is 4.86. The van der Waals surface area contributed by atoms with E-state index in [0.29, 0.717) is 32.3 Å². The Morgan fingerprint density at radius 3 is 2.11 bits per heavy atom. The summed E-state index contributed by atoms with van der Waals surface area (Å²) in [6.45, 7) is 2.41. The molecule has 0 aliphatic rings. The third-order valence-corrected chi connectivity index (χ3v) is 1.87. The lowest BCUT2D eigenvalue weighted by atomic mass is 10.5. The predicted octanol–water partition coefficient (Wildman–Crippen LogP) is -0.822. The second-order valence-corrected chi connectivity index (χ2v) is 3.19. The van der Waals surface area contributed by atoms with Crippen molar-refractivity contribution in [2.45, 2.75) is 0 Å². The van der Waals surface area contributed by atoms with Crippen LogP contribution in [-0.4, -0.2) is 66.0 Å². The Bertz CT molecular complexity index is 239. The van der Waals surface area contributed by atoms with Crippen molar-refractivity contribution in [3.8, 4) is 0 Å². The first kappa shape index (κ1) is 19.7. The molecule has 0 saturated carbocycles. The summed E-state index contributed by atoms with van der Waals surface area (Å²) in [6, 6.07) is 0. The molecule has 0 fully saturated rings. The van der Waals surface area contributed by atoms with Crippen LogP contribution in [-0.2, 0) is 14.3 Å². The van der Waals surface area contributed by atoms with Gasteiger partial charge in [0.15, 0.2) is 5.96 Å². The predicted molar refractivity (Wildman–Crippen MR) is 81.5 cm³/mol. The first-order valence-corrected chi connectivity index (χ1v) is 5.43. The highest BCUT2D eigenvalue weighted by atomic mass is 127. The lowest BCUT2D eigenvalue weighted by molar-refractivity contribution is -0.120. The van der Waals surface area contributed by atoms with Gasteiger partial charge >= 0.3 is 0 Å². The van der Waals surface area contributed by atoms with E-state index >= 15 is 0 Å². The van der Waals surface area contributed by atoms with Crippen molar-refractivity contribution in [3.05, 3.63) is 0 Å².